The van der Waals surface area contributed by atoms with Crippen LogP contribution in [0.5, 0.6) is 0 Å². The number of ether oxygens (including phenoxy) is 1. The molecule has 0 bridgehead atoms. The summed E-state index contributed by atoms with van der Waals surface area (Å²) >= 11 is 0. The number of aryl methyl sites for hydroxylation is 2. The molecule has 13 heteroatoms. The lowest BCUT2D eigenvalue weighted by atomic mass is 9.93. The van der Waals surface area contributed by atoms with Crippen LogP contribution in [0, 0.1) is 0 Å². The number of carbonyl (C=O) groups is 2. The molecule has 1 saturated carbocycles. The molecule has 0 saturated heterocycles. The smallest absolute Gasteiger partial charge is 0.332 e. The second-order valence-corrected chi connectivity index (χ2v) is 7.83. The van der Waals surface area contributed by atoms with Gasteiger partial charge in [-0.15, -0.1) is 5.10 Å². The number of aromatic nitrogens is 7. The van der Waals surface area contributed by atoms with Crippen molar-refractivity contribution in [1.82, 2.24) is 39.0 Å². The molecule has 0 spiro atoms. The van der Waals surface area contributed by atoms with Gasteiger partial charge in [0.25, 0.3) is 5.56 Å². The molecule has 3 aromatic heterocycles. The van der Waals surface area contributed by atoms with E-state index in [-0.39, 0.29) is 30.2 Å². The van der Waals surface area contributed by atoms with Gasteiger partial charge in [-0.3, -0.25) is 28.2 Å². The molecule has 1 aliphatic carbocycles. The summed E-state index contributed by atoms with van der Waals surface area (Å²) in [6, 6.07) is 0.297. The molecule has 32 heavy (non-hydrogen) atoms. The number of amides is 1. The lowest BCUT2D eigenvalue weighted by Gasteiger charge is -2.26. The third kappa shape index (κ3) is 4.31. The van der Waals surface area contributed by atoms with E-state index in [1.807, 2.05) is 0 Å². The second kappa shape index (κ2) is 8.77. The Bertz CT molecular complexity index is 1280. The van der Waals surface area contributed by atoms with Gasteiger partial charge in [0.05, 0.1) is 19.1 Å². The zero-order valence-corrected chi connectivity index (χ0v) is 17.9. The first-order valence-corrected chi connectivity index (χ1v) is 10.3. The second-order valence-electron chi connectivity index (χ2n) is 7.83. The normalized spacial score (nSPS) is 13.8. The van der Waals surface area contributed by atoms with Crippen LogP contribution in [0.3, 0.4) is 0 Å². The van der Waals surface area contributed by atoms with Gasteiger partial charge in [-0.1, -0.05) is 5.21 Å². The van der Waals surface area contributed by atoms with Gasteiger partial charge >= 0.3 is 11.7 Å². The summed E-state index contributed by atoms with van der Waals surface area (Å²) in [6.45, 7) is 0.0260. The van der Waals surface area contributed by atoms with Crippen molar-refractivity contribution in [3.63, 3.8) is 0 Å². The van der Waals surface area contributed by atoms with Crippen LogP contribution in [-0.2, 0) is 48.1 Å². The first-order valence-electron chi connectivity index (χ1n) is 10.3. The van der Waals surface area contributed by atoms with E-state index in [2.05, 4.69) is 20.6 Å². The molecular weight excluding hydrogens is 420 g/mol. The van der Waals surface area contributed by atoms with Crippen LogP contribution in [0.25, 0.3) is 11.2 Å². The van der Waals surface area contributed by atoms with E-state index in [1.54, 1.807) is 6.20 Å². The maximum atomic E-state index is 12.4. The van der Waals surface area contributed by atoms with Crippen LogP contribution in [0.2, 0.25) is 0 Å². The molecule has 0 unspecified atom stereocenters. The van der Waals surface area contributed by atoms with Gasteiger partial charge in [0.2, 0.25) is 5.91 Å². The number of nitrogens with zero attached hydrogens (tertiary/aromatic N) is 7. The van der Waals surface area contributed by atoms with Crippen LogP contribution in [-0.4, -0.2) is 51.6 Å². The number of imidazole rings is 1. The van der Waals surface area contributed by atoms with Gasteiger partial charge in [0.15, 0.2) is 11.2 Å². The Kier molecular flexibility index (Phi) is 5.88. The molecule has 4 rings (SSSR count). The van der Waals surface area contributed by atoms with Gasteiger partial charge in [-0.2, -0.15) is 0 Å². The Balaban J connectivity index is 1.31. The minimum absolute atomic E-state index is 0.0191. The molecule has 13 nitrogen and oxygen atoms in total. The first-order chi connectivity index (χ1) is 15.3. The number of nitrogens with one attached hydrogen (secondary N) is 1. The molecule has 1 amide bonds. The summed E-state index contributed by atoms with van der Waals surface area (Å²) < 4.78 is 10.3. The summed E-state index contributed by atoms with van der Waals surface area (Å²) in [5, 5.41) is 10.8. The lowest BCUT2D eigenvalue weighted by Crippen LogP contribution is -2.39. The monoisotopic (exact) mass is 444 g/mol. The van der Waals surface area contributed by atoms with Gasteiger partial charge in [0, 0.05) is 26.6 Å². The average molecular weight is 444 g/mol. The standard InChI is InChI=1S/C19H24N8O5/c1-24-17-16(18(30)25(2)19(24)31)26(11-20-17)9-15(29)32-10-13-8-27(23-22-13)7-6-14(28)21-12-4-3-5-12/h8,11-12H,3-7,9-10H2,1-2H3,(H,21,28). The fraction of sp³-hybridized carbons (Fsp3) is 0.526. The third-order valence-corrected chi connectivity index (χ3v) is 5.52. The lowest BCUT2D eigenvalue weighted by molar-refractivity contribution is -0.145. The molecule has 1 fully saturated rings. The largest absolute Gasteiger partial charge is 0.458 e. The fourth-order valence-corrected chi connectivity index (χ4v) is 3.44. The summed E-state index contributed by atoms with van der Waals surface area (Å²) in [5.41, 5.74) is -0.281. The van der Waals surface area contributed by atoms with Crippen LogP contribution in [0.15, 0.2) is 22.1 Å². The topological polar surface area (TPSA) is 148 Å². The highest BCUT2D eigenvalue weighted by Gasteiger charge is 2.19. The Morgan fingerprint density at radius 2 is 2.00 bits per heavy atom. The highest BCUT2D eigenvalue weighted by atomic mass is 16.5. The molecule has 170 valence electrons. The minimum atomic E-state index is -0.602. The van der Waals surface area contributed by atoms with Crippen molar-refractivity contribution in [3.05, 3.63) is 39.1 Å². The van der Waals surface area contributed by atoms with E-state index in [1.165, 1.54) is 34.2 Å². The van der Waals surface area contributed by atoms with Crippen LogP contribution in [0.4, 0.5) is 0 Å². The molecule has 0 radical (unpaired) electrons. The molecule has 0 atom stereocenters. The summed E-state index contributed by atoms with van der Waals surface area (Å²) in [5.74, 6) is -0.621. The van der Waals surface area contributed by atoms with Crippen molar-refractivity contribution in [2.24, 2.45) is 14.1 Å². The molecule has 1 aliphatic rings. The Hall–Kier alpha value is -3.77. The maximum absolute atomic E-state index is 12.4. The summed E-state index contributed by atoms with van der Waals surface area (Å²) in [4.78, 5) is 52.6. The van der Waals surface area contributed by atoms with E-state index in [4.69, 9.17) is 4.74 Å². The highest BCUT2D eigenvalue weighted by molar-refractivity contribution is 5.76. The van der Waals surface area contributed by atoms with E-state index >= 15 is 0 Å². The SMILES string of the molecule is Cn1c(=O)c2c(ncn2CC(=O)OCc2cn(CCC(=O)NC3CCC3)nn2)n(C)c1=O. The van der Waals surface area contributed by atoms with E-state index in [0.717, 1.165) is 23.8 Å². The molecular formula is C19H24N8O5. The summed E-state index contributed by atoms with van der Waals surface area (Å²) in [6.07, 6.45) is 6.45. The molecule has 3 heterocycles. The minimum Gasteiger partial charge on any atom is -0.458 e. The van der Waals surface area contributed by atoms with Crippen molar-refractivity contribution in [1.29, 1.82) is 0 Å². The maximum Gasteiger partial charge on any atom is 0.332 e. The molecule has 3 aromatic rings. The number of hydrogen-bond acceptors (Lipinski definition) is 8. The first kappa shape index (κ1) is 21.5. The predicted octanol–water partition coefficient (Wildman–Crippen LogP) is -1.17. The average Bonchev–Trinajstić information content (AvgIpc) is 3.37. The van der Waals surface area contributed by atoms with Crippen LogP contribution < -0.4 is 16.6 Å². The van der Waals surface area contributed by atoms with Gasteiger partial charge in [-0.05, 0) is 19.3 Å². The van der Waals surface area contributed by atoms with Gasteiger partial charge in [-0.25, -0.2) is 9.78 Å². The quantitative estimate of drug-likeness (QED) is 0.427. The highest BCUT2D eigenvalue weighted by Crippen LogP contribution is 2.18. The number of hydrogen-bond donors (Lipinski definition) is 1. The molecule has 0 aliphatic heterocycles. The van der Waals surface area contributed by atoms with E-state index < -0.39 is 17.2 Å². The fourth-order valence-electron chi connectivity index (χ4n) is 3.44. The third-order valence-electron chi connectivity index (χ3n) is 5.52. The summed E-state index contributed by atoms with van der Waals surface area (Å²) in [7, 11) is 2.86. The van der Waals surface area contributed by atoms with Crippen molar-refractivity contribution in [2.75, 3.05) is 0 Å². The van der Waals surface area contributed by atoms with Crippen LogP contribution in [0.1, 0.15) is 31.4 Å². The molecule has 0 aromatic carbocycles. The number of fused-ring (bicyclic) bond motifs is 1. The zero-order valence-electron chi connectivity index (χ0n) is 17.9. The van der Waals surface area contributed by atoms with Crippen LogP contribution >= 0.6 is 0 Å². The zero-order chi connectivity index (χ0) is 22.8. The predicted molar refractivity (Wildman–Crippen MR) is 110 cm³/mol. The van der Waals surface area contributed by atoms with Gasteiger partial charge < -0.3 is 14.6 Å². The number of esters is 1. The Morgan fingerprint density at radius 3 is 2.72 bits per heavy atom. The van der Waals surface area contributed by atoms with Crippen molar-refractivity contribution >= 4 is 23.0 Å². The number of carbonyl (C=O) groups excluding carboxylic acids is 2. The Labute approximate surface area is 181 Å². The van der Waals surface area contributed by atoms with Crippen molar-refractivity contribution in [2.45, 2.75) is 51.4 Å². The van der Waals surface area contributed by atoms with Gasteiger partial charge in [0.1, 0.15) is 18.8 Å². The van der Waals surface area contributed by atoms with Crippen molar-refractivity contribution < 1.29 is 14.3 Å². The number of rotatable bonds is 8. The van der Waals surface area contributed by atoms with Crippen molar-refractivity contribution in [3.8, 4) is 0 Å². The van der Waals surface area contributed by atoms with E-state index in [9.17, 15) is 19.2 Å². The molecule has 1 N–H and O–H groups in total. The Morgan fingerprint density at radius 1 is 1.22 bits per heavy atom. The van der Waals surface area contributed by atoms with E-state index in [0.29, 0.717) is 24.7 Å².